The molecule has 1 fully saturated rings. The van der Waals surface area contributed by atoms with Crippen LogP contribution in [-0.4, -0.2) is 47.9 Å². The Morgan fingerprint density at radius 3 is 2.37 bits per heavy atom. The van der Waals surface area contributed by atoms with Crippen LogP contribution >= 0.6 is 12.4 Å². The Kier molecular flexibility index (Phi) is 9.20. The van der Waals surface area contributed by atoms with E-state index < -0.39 is 5.97 Å². The predicted octanol–water partition coefficient (Wildman–Crippen LogP) is 4.15. The van der Waals surface area contributed by atoms with E-state index in [4.69, 9.17) is 4.84 Å². The van der Waals surface area contributed by atoms with Crippen LogP contribution in [0.4, 0.5) is 8.78 Å². The molecule has 0 amide bonds. The number of hydrogen-bond donors (Lipinski definition) is 1. The first-order chi connectivity index (χ1) is 14.0. The van der Waals surface area contributed by atoms with Crippen molar-refractivity contribution in [1.29, 1.82) is 0 Å². The minimum absolute atomic E-state index is 0. The molecule has 3 rings (SSSR count). The predicted molar refractivity (Wildman–Crippen MR) is 113 cm³/mol. The highest BCUT2D eigenvalue weighted by Gasteiger charge is 2.24. The number of aliphatic carboxylic acids is 1. The first-order valence-electron chi connectivity index (χ1n) is 9.65. The van der Waals surface area contributed by atoms with Gasteiger partial charge in [0.15, 0.2) is 0 Å². The average Bonchev–Trinajstić information content (AvgIpc) is 2.72. The number of oxime groups is 1. The van der Waals surface area contributed by atoms with Crippen LogP contribution in [0.2, 0.25) is 0 Å². The molecule has 1 heterocycles. The van der Waals surface area contributed by atoms with Gasteiger partial charge in [-0.05, 0) is 54.8 Å². The second-order valence-corrected chi connectivity index (χ2v) is 7.16. The third-order valence-electron chi connectivity index (χ3n) is 4.99. The first-order valence-corrected chi connectivity index (χ1v) is 9.65. The fraction of sp³-hybridized carbons (Fsp3) is 0.364. The molecule has 1 N–H and O–H groups in total. The third kappa shape index (κ3) is 7.07. The lowest BCUT2D eigenvalue weighted by molar-refractivity contribution is -0.143. The first kappa shape index (κ1) is 23.8. The zero-order valence-corrected chi connectivity index (χ0v) is 17.3. The van der Waals surface area contributed by atoms with E-state index >= 15 is 0 Å². The lowest BCUT2D eigenvalue weighted by Crippen LogP contribution is -2.40. The molecule has 0 aromatic heterocycles. The molecular formula is C22H25ClF2N2O3. The van der Waals surface area contributed by atoms with Crippen molar-refractivity contribution < 1.29 is 23.5 Å². The van der Waals surface area contributed by atoms with Crippen LogP contribution in [0.3, 0.4) is 0 Å². The van der Waals surface area contributed by atoms with Gasteiger partial charge >= 0.3 is 5.97 Å². The monoisotopic (exact) mass is 438 g/mol. The van der Waals surface area contributed by atoms with E-state index in [9.17, 15) is 18.7 Å². The van der Waals surface area contributed by atoms with Gasteiger partial charge in [0.1, 0.15) is 18.2 Å². The third-order valence-corrected chi connectivity index (χ3v) is 4.99. The standard InChI is InChI=1S/C22H24F2N2O3.ClH/c23-19-7-3-16(4-8-19)14-21(17-5-9-20(24)10-6-17)25-29-13-12-26-11-1-2-18(15-26)22(27)28;/h3-10,18H,1-2,11-15H2,(H,27,28);1H/b25-21+;. The fourth-order valence-corrected chi connectivity index (χ4v) is 3.38. The molecule has 8 heteroatoms. The summed E-state index contributed by atoms with van der Waals surface area (Å²) in [4.78, 5) is 18.7. The van der Waals surface area contributed by atoms with E-state index in [1.807, 2.05) is 0 Å². The maximum absolute atomic E-state index is 13.3. The number of piperidine rings is 1. The normalized spacial score (nSPS) is 17.3. The quantitative estimate of drug-likeness (QED) is 0.382. The highest BCUT2D eigenvalue weighted by molar-refractivity contribution is 6.01. The van der Waals surface area contributed by atoms with Crippen molar-refractivity contribution in [3.63, 3.8) is 0 Å². The van der Waals surface area contributed by atoms with Gasteiger partial charge in [0.25, 0.3) is 0 Å². The molecule has 2 aromatic carbocycles. The largest absolute Gasteiger partial charge is 0.481 e. The van der Waals surface area contributed by atoms with E-state index in [1.165, 1.54) is 24.3 Å². The van der Waals surface area contributed by atoms with Crippen molar-refractivity contribution >= 4 is 24.1 Å². The molecule has 1 aliphatic heterocycles. The van der Waals surface area contributed by atoms with E-state index in [0.29, 0.717) is 38.2 Å². The van der Waals surface area contributed by atoms with Gasteiger partial charge in [0.05, 0.1) is 11.6 Å². The van der Waals surface area contributed by atoms with Crippen LogP contribution in [0.1, 0.15) is 24.0 Å². The number of rotatable bonds is 8. The average molecular weight is 439 g/mol. The second-order valence-electron chi connectivity index (χ2n) is 7.16. The Balaban J connectivity index is 0.00000320. The lowest BCUT2D eigenvalue weighted by Gasteiger charge is -2.29. The van der Waals surface area contributed by atoms with Gasteiger partial charge in [-0.1, -0.05) is 29.4 Å². The molecule has 0 spiro atoms. The number of halogens is 3. The highest BCUT2D eigenvalue weighted by Crippen LogP contribution is 2.16. The topological polar surface area (TPSA) is 62.1 Å². The molecule has 1 aliphatic rings. The zero-order chi connectivity index (χ0) is 20.6. The number of likely N-dealkylation sites (tertiary alicyclic amines) is 1. The van der Waals surface area contributed by atoms with Crippen LogP contribution in [0.25, 0.3) is 0 Å². The lowest BCUT2D eigenvalue weighted by atomic mass is 9.98. The van der Waals surface area contributed by atoms with Crippen LogP contribution in [0, 0.1) is 17.6 Å². The number of benzene rings is 2. The summed E-state index contributed by atoms with van der Waals surface area (Å²) < 4.78 is 26.4. The Bertz CT molecular complexity index is 844. The van der Waals surface area contributed by atoms with Gasteiger partial charge in [-0.3, -0.25) is 9.69 Å². The Morgan fingerprint density at radius 2 is 1.73 bits per heavy atom. The molecule has 1 atom stereocenters. The van der Waals surface area contributed by atoms with Crippen LogP contribution in [0.15, 0.2) is 53.7 Å². The van der Waals surface area contributed by atoms with Gasteiger partial charge in [-0.15, -0.1) is 12.4 Å². The molecule has 30 heavy (non-hydrogen) atoms. The summed E-state index contributed by atoms with van der Waals surface area (Å²) >= 11 is 0. The summed E-state index contributed by atoms with van der Waals surface area (Å²) in [6, 6.07) is 12.1. The number of carboxylic acid groups (broad SMARTS) is 1. The van der Waals surface area contributed by atoms with E-state index in [2.05, 4.69) is 10.1 Å². The van der Waals surface area contributed by atoms with Crippen molar-refractivity contribution in [3.05, 3.63) is 71.3 Å². The minimum atomic E-state index is -0.758. The minimum Gasteiger partial charge on any atom is -0.481 e. The Morgan fingerprint density at radius 1 is 1.10 bits per heavy atom. The SMILES string of the molecule is Cl.O=C(O)C1CCCN(CCO/N=C(\Cc2ccc(F)cc2)c2ccc(F)cc2)C1. The second kappa shape index (κ2) is 11.6. The zero-order valence-electron chi connectivity index (χ0n) is 16.5. The molecule has 2 aromatic rings. The summed E-state index contributed by atoms with van der Waals surface area (Å²) in [5.41, 5.74) is 2.19. The van der Waals surface area contributed by atoms with Gasteiger partial charge in [0, 0.05) is 19.5 Å². The number of hydrogen-bond acceptors (Lipinski definition) is 4. The molecule has 0 aliphatic carbocycles. The van der Waals surface area contributed by atoms with Gasteiger partial charge in [-0.25, -0.2) is 8.78 Å². The van der Waals surface area contributed by atoms with E-state index in [1.54, 1.807) is 24.3 Å². The fourth-order valence-electron chi connectivity index (χ4n) is 3.38. The maximum Gasteiger partial charge on any atom is 0.307 e. The number of carboxylic acids is 1. The summed E-state index contributed by atoms with van der Waals surface area (Å²) in [7, 11) is 0. The van der Waals surface area contributed by atoms with Crippen molar-refractivity contribution in [2.75, 3.05) is 26.2 Å². The van der Waals surface area contributed by atoms with Crippen molar-refractivity contribution in [1.82, 2.24) is 4.90 Å². The molecule has 0 radical (unpaired) electrons. The van der Waals surface area contributed by atoms with Crippen LogP contribution in [0.5, 0.6) is 0 Å². The molecule has 0 bridgehead atoms. The number of carbonyl (C=O) groups is 1. The highest BCUT2D eigenvalue weighted by atomic mass is 35.5. The molecule has 1 unspecified atom stereocenters. The molecule has 162 valence electrons. The summed E-state index contributed by atoms with van der Waals surface area (Å²) in [5, 5.41) is 13.4. The Hall–Kier alpha value is -2.51. The van der Waals surface area contributed by atoms with Crippen molar-refractivity contribution in [2.24, 2.45) is 11.1 Å². The smallest absolute Gasteiger partial charge is 0.307 e. The van der Waals surface area contributed by atoms with E-state index in [0.717, 1.165) is 24.1 Å². The summed E-state index contributed by atoms with van der Waals surface area (Å²) in [5.74, 6) is -1.74. The van der Waals surface area contributed by atoms with Gasteiger partial charge in [0.2, 0.25) is 0 Å². The van der Waals surface area contributed by atoms with Crippen molar-refractivity contribution in [2.45, 2.75) is 19.3 Å². The summed E-state index contributed by atoms with van der Waals surface area (Å²) in [6.07, 6.45) is 1.97. The molecule has 0 saturated carbocycles. The van der Waals surface area contributed by atoms with Crippen molar-refractivity contribution in [3.8, 4) is 0 Å². The van der Waals surface area contributed by atoms with E-state index in [-0.39, 0.29) is 30.0 Å². The summed E-state index contributed by atoms with van der Waals surface area (Å²) in [6.45, 7) is 2.26. The molecule has 5 nitrogen and oxygen atoms in total. The number of nitrogens with zero attached hydrogens (tertiary/aromatic N) is 2. The van der Waals surface area contributed by atoms with Crippen LogP contribution < -0.4 is 0 Å². The molecular weight excluding hydrogens is 414 g/mol. The van der Waals surface area contributed by atoms with Gasteiger partial charge < -0.3 is 9.94 Å². The Labute approximate surface area is 180 Å². The van der Waals surface area contributed by atoms with Crippen LogP contribution in [-0.2, 0) is 16.1 Å². The molecule has 1 saturated heterocycles. The maximum atomic E-state index is 13.3. The van der Waals surface area contributed by atoms with Gasteiger partial charge in [-0.2, -0.15) is 0 Å².